The van der Waals surface area contributed by atoms with Gasteiger partial charge in [-0.2, -0.15) is 0 Å². The summed E-state index contributed by atoms with van der Waals surface area (Å²) < 4.78 is 36.2. The van der Waals surface area contributed by atoms with Crippen molar-refractivity contribution in [1.82, 2.24) is 24.5 Å². The number of carbonyl (C=O) groups excluding carboxylic acids is 1. The maximum Gasteiger partial charge on any atom is 0.268 e. The van der Waals surface area contributed by atoms with Gasteiger partial charge in [-0.25, -0.2) is 27.8 Å². The number of nitrogens with one attached hydrogen (secondary N) is 2. The third-order valence-corrected chi connectivity index (χ3v) is 10.00. The van der Waals surface area contributed by atoms with Gasteiger partial charge in [0.25, 0.3) is 15.9 Å². The molecule has 1 amide bonds. The molecule has 1 unspecified atom stereocenters. The maximum absolute atomic E-state index is 13.6. The number of hydrogen-bond acceptors (Lipinski definition) is 9. The first-order valence-electron chi connectivity index (χ1n) is 14.9. The predicted molar refractivity (Wildman–Crippen MR) is 160 cm³/mol. The number of carbonyl (C=O) groups is 1. The first-order valence-corrected chi connectivity index (χ1v) is 16.4. The quantitative estimate of drug-likeness (QED) is 0.447. The molecule has 4 aliphatic rings. The van der Waals surface area contributed by atoms with Crippen LogP contribution in [0.25, 0.3) is 5.82 Å². The molecule has 11 nitrogen and oxygen atoms in total. The van der Waals surface area contributed by atoms with Gasteiger partial charge < -0.3 is 15.0 Å². The molecule has 1 aliphatic carbocycles. The van der Waals surface area contributed by atoms with Crippen molar-refractivity contribution >= 4 is 27.6 Å². The number of aromatic nitrogens is 4. The Balaban J connectivity index is 1.34. The van der Waals surface area contributed by atoms with E-state index in [4.69, 9.17) is 9.72 Å². The van der Waals surface area contributed by atoms with E-state index < -0.39 is 15.9 Å². The van der Waals surface area contributed by atoms with Crippen LogP contribution in [0.2, 0.25) is 0 Å². The Bertz CT molecular complexity index is 1530. The average Bonchev–Trinajstić information content (AvgIpc) is 3.71. The average molecular weight is 594 g/mol. The highest BCUT2D eigenvalue weighted by molar-refractivity contribution is 7.90. The Morgan fingerprint density at radius 3 is 2.64 bits per heavy atom. The van der Waals surface area contributed by atoms with Crippen molar-refractivity contribution in [2.75, 3.05) is 29.9 Å². The Kier molecular flexibility index (Phi) is 7.82. The summed E-state index contributed by atoms with van der Waals surface area (Å²) in [5.41, 5.74) is -0.0939. The van der Waals surface area contributed by atoms with E-state index in [1.165, 1.54) is 37.9 Å². The molecule has 6 heterocycles. The van der Waals surface area contributed by atoms with Gasteiger partial charge in [0.05, 0.1) is 12.2 Å². The molecule has 3 aromatic heterocycles. The predicted octanol–water partition coefficient (Wildman–Crippen LogP) is 4.55. The van der Waals surface area contributed by atoms with E-state index >= 15 is 0 Å². The Morgan fingerprint density at radius 1 is 1.05 bits per heavy atom. The number of nitrogens with zero attached hydrogens (tertiary/aromatic N) is 5. The van der Waals surface area contributed by atoms with E-state index in [2.05, 4.69) is 38.9 Å². The van der Waals surface area contributed by atoms with Crippen LogP contribution in [0.4, 0.5) is 11.6 Å². The summed E-state index contributed by atoms with van der Waals surface area (Å²) in [5.74, 6) is 2.35. The maximum atomic E-state index is 13.6. The SMILES string of the molecule is CC1(C)CC2CCCCNc3ccc(cn3)S(=O)(=O)NC(=O)c3ccc(-n4ccc(OCC5CCCC5)n4)nc3N1C2. The molecule has 1 saturated carbocycles. The van der Waals surface area contributed by atoms with E-state index in [1.807, 2.05) is 6.07 Å². The Hall–Kier alpha value is -3.67. The third-order valence-electron chi connectivity index (χ3n) is 8.68. The van der Waals surface area contributed by atoms with E-state index in [9.17, 15) is 13.2 Å². The van der Waals surface area contributed by atoms with Gasteiger partial charge in [0.2, 0.25) is 5.88 Å². The summed E-state index contributed by atoms with van der Waals surface area (Å²) >= 11 is 0. The molecule has 4 bridgehead atoms. The molecule has 7 rings (SSSR count). The zero-order valence-electron chi connectivity index (χ0n) is 24.3. The van der Waals surface area contributed by atoms with Crippen molar-refractivity contribution in [3.05, 3.63) is 48.3 Å². The molecule has 0 aromatic carbocycles. The van der Waals surface area contributed by atoms with E-state index in [0.717, 1.165) is 38.8 Å². The zero-order chi connectivity index (χ0) is 29.3. The highest BCUT2D eigenvalue weighted by Gasteiger charge is 2.41. The van der Waals surface area contributed by atoms with E-state index in [0.29, 0.717) is 41.8 Å². The van der Waals surface area contributed by atoms with Crippen LogP contribution in [-0.2, 0) is 10.0 Å². The minimum absolute atomic E-state index is 0.0833. The van der Waals surface area contributed by atoms with Crippen molar-refractivity contribution in [3.63, 3.8) is 0 Å². The third kappa shape index (κ3) is 6.08. The summed E-state index contributed by atoms with van der Waals surface area (Å²) in [6, 6.07) is 8.20. The van der Waals surface area contributed by atoms with Gasteiger partial charge in [0.15, 0.2) is 5.82 Å². The van der Waals surface area contributed by atoms with Crippen molar-refractivity contribution in [2.45, 2.75) is 75.6 Å². The van der Waals surface area contributed by atoms with Crippen LogP contribution >= 0.6 is 0 Å². The molecule has 0 radical (unpaired) electrons. The van der Waals surface area contributed by atoms with Crippen LogP contribution in [0.5, 0.6) is 5.88 Å². The number of fused-ring (bicyclic) bond motifs is 8. The number of pyridine rings is 2. The van der Waals surface area contributed by atoms with Gasteiger partial charge in [0, 0.05) is 37.1 Å². The molecule has 3 aromatic rings. The number of ether oxygens (including phenoxy) is 1. The minimum atomic E-state index is -4.16. The number of rotatable bonds is 4. The molecule has 2 N–H and O–H groups in total. The fourth-order valence-electron chi connectivity index (χ4n) is 6.45. The summed E-state index contributed by atoms with van der Waals surface area (Å²) in [6.07, 6.45) is 12.0. The second-order valence-electron chi connectivity index (χ2n) is 12.3. The standard InChI is InChI=1S/C30H39N7O4S/c1-30(2)17-22-9-5-6-15-31-25-12-10-23(18-32-25)42(39,40)35-29(38)24-11-13-26(33-28(24)36(30)19-22)37-16-14-27(34-37)41-20-21-7-3-4-8-21/h10-14,16,18,21-22H,3-9,15,17,19-20H2,1-2H3,(H,31,32)(H,35,38). The number of hydrogen-bond donors (Lipinski definition) is 2. The molecular formula is C30H39N7O4S. The van der Waals surface area contributed by atoms with Crippen LogP contribution in [0, 0.1) is 11.8 Å². The van der Waals surface area contributed by atoms with Gasteiger partial charge in [-0.15, -0.1) is 5.10 Å². The van der Waals surface area contributed by atoms with Gasteiger partial charge in [-0.3, -0.25) is 4.79 Å². The second kappa shape index (κ2) is 11.5. The molecule has 0 spiro atoms. The highest BCUT2D eigenvalue weighted by Crippen LogP contribution is 2.40. The minimum Gasteiger partial charge on any atom is -0.476 e. The van der Waals surface area contributed by atoms with Crippen molar-refractivity contribution in [1.29, 1.82) is 0 Å². The lowest BCUT2D eigenvalue weighted by molar-refractivity contribution is 0.0981. The molecule has 12 heteroatoms. The number of amides is 1. The van der Waals surface area contributed by atoms with Gasteiger partial charge in [-0.1, -0.05) is 19.3 Å². The van der Waals surface area contributed by atoms with Gasteiger partial charge >= 0.3 is 0 Å². The molecule has 1 atom stereocenters. The van der Waals surface area contributed by atoms with Crippen molar-refractivity contribution in [2.24, 2.45) is 11.8 Å². The summed E-state index contributed by atoms with van der Waals surface area (Å²) in [4.78, 5) is 24.8. The Morgan fingerprint density at radius 2 is 1.86 bits per heavy atom. The van der Waals surface area contributed by atoms with Crippen LogP contribution in [0.15, 0.2) is 47.6 Å². The molecule has 1 saturated heterocycles. The lowest BCUT2D eigenvalue weighted by Gasteiger charge is -2.34. The smallest absolute Gasteiger partial charge is 0.268 e. The van der Waals surface area contributed by atoms with Gasteiger partial charge in [0.1, 0.15) is 16.5 Å². The molecule has 42 heavy (non-hydrogen) atoms. The van der Waals surface area contributed by atoms with Crippen molar-refractivity contribution in [3.8, 4) is 11.7 Å². The first kappa shape index (κ1) is 28.4. The largest absolute Gasteiger partial charge is 0.476 e. The zero-order valence-corrected chi connectivity index (χ0v) is 25.1. The fourth-order valence-corrected chi connectivity index (χ4v) is 7.36. The fraction of sp³-hybridized carbons (Fsp3) is 0.533. The van der Waals surface area contributed by atoms with Crippen molar-refractivity contribution < 1.29 is 17.9 Å². The number of anilines is 2. The Labute approximate surface area is 247 Å². The molecule has 2 fully saturated rings. The highest BCUT2D eigenvalue weighted by atomic mass is 32.2. The topological polar surface area (TPSA) is 131 Å². The van der Waals surface area contributed by atoms with Crippen LogP contribution in [0.3, 0.4) is 0 Å². The van der Waals surface area contributed by atoms with Crippen LogP contribution in [0.1, 0.15) is 75.6 Å². The second-order valence-corrected chi connectivity index (χ2v) is 14.0. The normalized spacial score (nSPS) is 22.3. The molecule has 224 valence electrons. The van der Waals surface area contributed by atoms with Crippen LogP contribution in [-0.4, -0.2) is 59.3 Å². The molecular weight excluding hydrogens is 554 g/mol. The van der Waals surface area contributed by atoms with Crippen LogP contribution < -0.4 is 19.7 Å². The lowest BCUT2D eigenvalue weighted by atomic mass is 9.93. The summed E-state index contributed by atoms with van der Waals surface area (Å²) in [6.45, 7) is 6.42. The molecule has 3 aliphatic heterocycles. The summed E-state index contributed by atoms with van der Waals surface area (Å²) in [5, 5.41) is 7.85. The van der Waals surface area contributed by atoms with E-state index in [-0.39, 0.29) is 16.0 Å². The summed E-state index contributed by atoms with van der Waals surface area (Å²) in [7, 11) is -4.16. The monoisotopic (exact) mass is 593 g/mol. The lowest BCUT2D eigenvalue weighted by Crippen LogP contribution is -2.41. The first-order chi connectivity index (χ1) is 20.2. The van der Waals surface area contributed by atoms with Gasteiger partial charge in [-0.05, 0) is 82.1 Å². The van der Waals surface area contributed by atoms with E-state index in [1.54, 1.807) is 29.1 Å². The number of sulfonamides is 1.